The number of rotatable bonds is 3. The smallest absolute Gasteiger partial charge is 0.254 e. The van der Waals surface area contributed by atoms with Crippen LogP contribution in [0.5, 0.6) is 0 Å². The van der Waals surface area contributed by atoms with E-state index in [1.807, 2.05) is 29.2 Å². The molecule has 1 unspecified atom stereocenters. The summed E-state index contributed by atoms with van der Waals surface area (Å²) in [7, 11) is 1.64. The van der Waals surface area contributed by atoms with Crippen LogP contribution in [0.2, 0.25) is 0 Å². The highest BCUT2D eigenvalue weighted by atomic mass is 79.9. The van der Waals surface area contributed by atoms with Gasteiger partial charge in [-0.15, -0.1) is 0 Å². The molecule has 0 bridgehead atoms. The Kier molecular flexibility index (Phi) is 4.74. The Balaban J connectivity index is 2.15. The number of methoxy groups -OCH3 is 1. The van der Waals surface area contributed by atoms with Crippen molar-refractivity contribution < 1.29 is 14.3 Å². The van der Waals surface area contributed by atoms with E-state index in [1.165, 1.54) is 0 Å². The Hall–Kier alpha value is -0.910. The molecular weight excluding hydrogens is 298 g/mol. The number of carbonyl (C=O) groups is 1. The van der Waals surface area contributed by atoms with Gasteiger partial charge in [0.25, 0.3) is 5.91 Å². The lowest BCUT2D eigenvalue weighted by molar-refractivity contribution is -0.0251. The Morgan fingerprint density at radius 2 is 2.44 bits per heavy atom. The van der Waals surface area contributed by atoms with Crippen molar-refractivity contribution in [2.24, 2.45) is 0 Å². The molecule has 1 amide bonds. The van der Waals surface area contributed by atoms with Gasteiger partial charge in [0.1, 0.15) is 0 Å². The van der Waals surface area contributed by atoms with E-state index in [4.69, 9.17) is 9.47 Å². The summed E-state index contributed by atoms with van der Waals surface area (Å²) in [6, 6.07) is 7.43. The largest absolute Gasteiger partial charge is 0.382 e. The minimum atomic E-state index is -0.00442. The number of carbonyl (C=O) groups excluding carboxylic acids is 1. The van der Waals surface area contributed by atoms with Crippen LogP contribution < -0.4 is 0 Å². The van der Waals surface area contributed by atoms with E-state index in [9.17, 15) is 4.79 Å². The maximum Gasteiger partial charge on any atom is 0.254 e. The van der Waals surface area contributed by atoms with Crippen LogP contribution in [0.4, 0.5) is 0 Å². The molecule has 1 atom stereocenters. The molecule has 18 heavy (non-hydrogen) atoms. The third-order valence-electron chi connectivity index (χ3n) is 2.92. The SMILES string of the molecule is COCC1COCCN1C(=O)c1cccc(Br)c1. The molecule has 0 aliphatic carbocycles. The van der Waals surface area contributed by atoms with Gasteiger partial charge in [-0.3, -0.25) is 4.79 Å². The van der Waals surface area contributed by atoms with Gasteiger partial charge in [0.05, 0.1) is 25.9 Å². The molecule has 0 radical (unpaired) electrons. The second kappa shape index (κ2) is 6.31. The van der Waals surface area contributed by atoms with E-state index in [0.29, 0.717) is 31.9 Å². The monoisotopic (exact) mass is 313 g/mol. The molecule has 0 N–H and O–H groups in total. The molecule has 1 aromatic rings. The van der Waals surface area contributed by atoms with Crippen LogP contribution in [-0.4, -0.2) is 50.3 Å². The number of ether oxygens (including phenoxy) is 2. The second-order valence-electron chi connectivity index (χ2n) is 4.19. The van der Waals surface area contributed by atoms with Gasteiger partial charge >= 0.3 is 0 Å². The molecule has 1 saturated heterocycles. The van der Waals surface area contributed by atoms with Crippen molar-refractivity contribution in [2.45, 2.75) is 6.04 Å². The first kappa shape index (κ1) is 13.5. The van der Waals surface area contributed by atoms with E-state index < -0.39 is 0 Å². The second-order valence-corrected chi connectivity index (χ2v) is 5.11. The Morgan fingerprint density at radius 3 is 3.17 bits per heavy atom. The summed E-state index contributed by atoms with van der Waals surface area (Å²) in [5.41, 5.74) is 0.687. The first-order valence-electron chi connectivity index (χ1n) is 5.85. The Bertz CT molecular complexity index is 422. The zero-order valence-corrected chi connectivity index (χ0v) is 11.9. The highest BCUT2D eigenvalue weighted by molar-refractivity contribution is 9.10. The summed E-state index contributed by atoms with van der Waals surface area (Å²) in [6.45, 7) is 2.23. The predicted octanol–water partition coefficient (Wildman–Crippen LogP) is 1.94. The van der Waals surface area contributed by atoms with E-state index in [2.05, 4.69) is 15.9 Å². The van der Waals surface area contributed by atoms with Crippen molar-refractivity contribution >= 4 is 21.8 Å². The van der Waals surface area contributed by atoms with E-state index in [1.54, 1.807) is 7.11 Å². The average molecular weight is 314 g/mol. The Morgan fingerprint density at radius 1 is 1.61 bits per heavy atom. The highest BCUT2D eigenvalue weighted by Crippen LogP contribution is 2.16. The molecule has 0 aromatic heterocycles. The van der Waals surface area contributed by atoms with E-state index in [0.717, 1.165) is 4.47 Å². The third-order valence-corrected chi connectivity index (χ3v) is 3.41. The topological polar surface area (TPSA) is 38.8 Å². The standard InChI is InChI=1S/C13H16BrNO3/c1-17-8-12-9-18-6-5-15(12)13(16)10-3-2-4-11(14)7-10/h2-4,7,12H,5-6,8-9H2,1H3. The maximum absolute atomic E-state index is 12.4. The Labute approximate surface area is 115 Å². The molecule has 98 valence electrons. The van der Waals surface area contributed by atoms with Crippen molar-refractivity contribution in [3.8, 4) is 0 Å². The molecule has 1 heterocycles. The predicted molar refractivity (Wildman–Crippen MR) is 71.7 cm³/mol. The number of benzene rings is 1. The normalized spacial score (nSPS) is 19.9. The molecule has 0 saturated carbocycles. The minimum absolute atomic E-state index is 0.00442. The molecule has 1 aliphatic rings. The molecule has 2 rings (SSSR count). The minimum Gasteiger partial charge on any atom is -0.382 e. The summed E-state index contributed by atoms with van der Waals surface area (Å²) in [4.78, 5) is 14.3. The number of nitrogens with zero attached hydrogens (tertiary/aromatic N) is 1. The van der Waals surface area contributed by atoms with Crippen molar-refractivity contribution in [2.75, 3.05) is 33.5 Å². The number of morpholine rings is 1. The molecule has 1 aromatic carbocycles. The molecule has 1 aliphatic heterocycles. The van der Waals surface area contributed by atoms with Gasteiger partial charge in [0.2, 0.25) is 0 Å². The first-order valence-corrected chi connectivity index (χ1v) is 6.65. The van der Waals surface area contributed by atoms with Gasteiger partial charge in [-0.05, 0) is 18.2 Å². The van der Waals surface area contributed by atoms with Crippen molar-refractivity contribution in [3.05, 3.63) is 34.3 Å². The fraction of sp³-hybridized carbons (Fsp3) is 0.462. The summed E-state index contributed by atoms with van der Waals surface area (Å²) >= 11 is 3.38. The van der Waals surface area contributed by atoms with Crippen molar-refractivity contribution in [1.29, 1.82) is 0 Å². The molecular formula is C13H16BrNO3. The van der Waals surface area contributed by atoms with Crippen LogP contribution in [0.1, 0.15) is 10.4 Å². The van der Waals surface area contributed by atoms with Crippen LogP contribution in [0, 0.1) is 0 Å². The quantitative estimate of drug-likeness (QED) is 0.856. The summed E-state index contributed by atoms with van der Waals surface area (Å²) in [5, 5.41) is 0. The van der Waals surface area contributed by atoms with Crippen LogP contribution in [-0.2, 0) is 9.47 Å². The molecule has 1 fully saturated rings. The molecule has 5 heteroatoms. The molecule has 0 spiro atoms. The number of hydrogen-bond donors (Lipinski definition) is 0. The highest BCUT2D eigenvalue weighted by Gasteiger charge is 2.27. The molecule has 4 nitrogen and oxygen atoms in total. The fourth-order valence-electron chi connectivity index (χ4n) is 2.04. The van der Waals surface area contributed by atoms with Crippen LogP contribution in [0.25, 0.3) is 0 Å². The van der Waals surface area contributed by atoms with Crippen LogP contribution in [0.15, 0.2) is 28.7 Å². The average Bonchev–Trinajstić information content (AvgIpc) is 2.39. The lowest BCUT2D eigenvalue weighted by atomic mass is 10.1. The van der Waals surface area contributed by atoms with Gasteiger partial charge in [-0.2, -0.15) is 0 Å². The van der Waals surface area contributed by atoms with Gasteiger partial charge < -0.3 is 14.4 Å². The summed E-state index contributed by atoms with van der Waals surface area (Å²) in [6.07, 6.45) is 0. The van der Waals surface area contributed by atoms with Gasteiger partial charge in [0, 0.05) is 23.7 Å². The van der Waals surface area contributed by atoms with Crippen LogP contribution in [0.3, 0.4) is 0 Å². The number of halogens is 1. The summed E-state index contributed by atoms with van der Waals surface area (Å²) in [5.74, 6) is 0.0293. The van der Waals surface area contributed by atoms with Gasteiger partial charge in [0.15, 0.2) is 0 Å². The van der Waals surface area contributed by atoms with E-state index >= 15 is 0 Å². The summed E-state index contributed by atoms with van der Waals surface area (Å²) < 4.78 is 11.4. The van der Waals surface area contributed by atoms with E-state index in [-0.39, 0.29) is 11.9 Å². The van der Waals surface area contributed by atoms with Crippen molar-refractivity contribution in [3.63, 3.8) is 0 Å². The first-order chi connectivity index (χ1) is 8.72. The lowest BCUT2D eigenvalue weighted by Crippen LogP contribution is -2.50. The zero-order valence-electron chi connectivity index (χ0n) is 10.3. The maximum atomic E-state index is 12.4. The van der Waals surface area contributed by atoms with Crippen molar-refractivity contribution in [1.82, 2.24) is 4.90 Å². The fourth-order valence-corrected chi connectivity index (χ4v) is 2.44. The van der Waals surface area contributed by atoms with Gasteiger partial charge in [-0.25, -0.2) is 0 Å². The third kappa shape index (κ3) is 3.10. The lowest BCUT2D eigenvalue weighted by Gasteiger charge is -2.35. The number of hydrogen-bond acceptors (Lipinski definition) is 3. The zero-order chi connectivity index (χ0) is 13.0. The number of amides is 1. The van der Waals surface area contributed by atoms with Gasteiger partial charge in [-0.1, -0.05) is 22.0 Å². The van der Waals surface area contributed by atoms with Crippen LogP contribution >= 0.6 is 15.9 Å².